The first-order chi connectivity index (χ1) is 7.51. The van der Waals surface area contributed by atoms with Gasteiger partial charge in [-0.2, -0.15) is 0 Å². The molecule has 1 saturated heterocycles. The van der Waals surface area contributed by atoms with E-state index in [1.807, 2.05) is 13.8 Å². The van der Waals surface area contributed by atoms with Crippen LogP contribution in [0, 0.1) is 0 Å². The van der Waals surface area contributed by atoms with E-state index in [4.69, 9.17) is 4.74 Å². The van der Waals surface area contributed by atoms with Crippen molar-refractivity contribution >= 4 is 0 Å². The molecule has 96 valence electrons. The molecule has 1 rings (SSSR count). The van der Waals surface area contributed by atoms with Gasteiger partial charge in [-0.05, 0) is 46.1 Å². The molecular formula is C13H27NO2. The van der Waals surface area contributed by atoms with Gasteiger partial charge in [0.15, 0.2) is 0 Å². The monoisotopic (exact) mass is 229 g/mol. The Morgan fingerprint density at radius 1 is 1.44 bits per heavy atom. The Bertz CT molecular complexity index is 189. The summed E-state index contributed by atoms with van der Waals surface area (Å²) in [6.07, 6.45) is 4.77. The number of hydrogen-bond acceptors (Lipinski definition) is 3. The maximum Gasteiger partial charge on any atom is 0.0702 e. The molecule has 1 N–H and O–H groups in total. The number of hydrogen-bond donors (Lipinski definition) is 1. The van der Waals surface area contributed by atoms with Crippen molar-refractivity contribution in [3.63, 3.8) is 0 Å². The molecule has 1 fully saturated rings. The normalized spacial score (nSPS) is 23.6. The van der Waals surface area contributed by atoms with Gasteiger partial charge in [-0.15, -0.1) is 0 Å². The molecule has 0 aromatic heterocycles. The Balaban J connectivity index is 2.22. The van der Waals surface area contributed by atoms with Crippen LogP contribution in [0.1, 0.15) is 46.5 Å². The predicted molar refractivity (Wildman–Crippen MR) is 66.6 cm³/mol. The van der Waals surface area contributed by atoms with Crippen LogP contribution in [0.3, 0.4) is 0 Å². The van der Waals surface area contributed by atoms with Gasteiger partial charge in [0, 0.05) is 19.7 Å². The lowest BCUT2D eigenvalue weighted by Gasteiger charge is -2.34. The van der Waals surface area contributed by atoms with Crippen LogP contribution in [0.15, 0.2) is 0 Å². The Morgan fingerprint density at radius 3 is 2.81 bits per heavy atom. The first-order valence-corrected chi connectivity index (χ1v) is 6.57. The summed E-state index contributed by atoms with van der Waals surface area (Å²) in [5.41, 5.74) is -0.544. The van der Waals surface area contributed by atoms with Crippen molar-refractivity contribution in [2.24, 2.45) is 0 Å². The van der Waals surface area contributed by atoms with Crippen LogP contribution in [0.25, 0.3) is 0 Å². The van der Waals surface area contributed by atoms with Crippen molar-refractivity contribution in [2.75, 3.05) is 26.2 Å². The number of aliphatic hydroxyl groups is 1. The highest BCUT2D eigenvalue weighted by atomic mass is 16.5. The summed E-state index contributed by atoms with van der Waals surface area (Å²) in [6.45, 7) is 9.95. The van der Waals surface area contributed by atoms with Gasteiger partial charge in [-0.25, -0.2) is 0 Å². The third kappa shape index (κ3) is 5.83. The molecule has 1 aliphatic heterocycles. The first kappa shape index (κ1) is 13.9. The van der Waals surface area contributed by atoms with Crippen LogP contribution in [0.5, 0.6) is 0 Å². The highest BCUT2D eigenvalue weighted by Gasteiger charge is 2.22. The fourth-order valence-corrected chi connectivity index (χ4v) is 2.07. The molecule has 0 amide bonds. The van der Waals surface area contributed by atoms with Gasteiger partial charge in [0.25, 0.3) is 0 Å². The molecule has 0 spiro atoms. The second-order valence-corrected chi connectivity index (χ2v) is 5.50. The largest absolute Gasteiger partial charge is 0.390 e. The SMILES string of the molecule is CCCOC1CCCN(CCC(C)(C)O)C1. The Hall–Kier alpha value is -0.120. The molecule has 1 unspecified atom stereocenters. The first-order valence-electron chi connectivity index (χ1n) is 6.57. The van der Waals surface area contributed by atoms with E-state index in [0.717, 1.165) is 39.1 Å². The van der Waals surface area contributed by atoms with Gasteiger partial charge < -0.3 is 14.7 Å². The van der Waals surface area contributed by atoms with Gasteiger partial charge in [0.1, 0.15) is 0 Å². The van der Waals surface area contributed by atoms with E-state index >= 15 is 0 Å². The smallest absolute Gasteiger partial charge is 0.0702 e. The van der Waals surface area contributed by atoms with Crippen molar-refractivity contribution < 1.29 is 9.84 Å². The zero-order valence-corrected chi connectivity index (χ0v) is 11.0. The van der Waals surface area contributed by atoms with Crippen molar-refractivity contribution in [1.82, 2.24) is 4.90 Å². The second kappa shape index (κ2) is 6.58. The van der Waals surface area contributed by atoms with Crippen LogP contribution >= 0.6 is 0 Å². The highest BCUT2D eigenvalue weighted by Crippen LogP contribution is 2.16. The minimum absolute atomic E-state index is 0.413. The second-order valence-electron chi connectivity index (χ2n) is 5.50. The number of piperidine rings is 1. The lowest BCUT2D eigenvalue weighted by atomic mass is 10.0. The molecular weight excluding hydrogens is 202 g/mol. The maximum atomic E-state index is 9.70. The van der Waals surface area contributed by atoms with E-state index in [-0.39, 0.29) is 0 Å². The quantitative estimate of drug-likeness (QED) is 0.756. The van der Waals surface area contributed by atoms with Gasteiger partial charge in [0.05, 0.1) is 11.7 Å². The summed E-state index contributed by atoms with van der Waals surface area (Å²) in [5.74, 6) is 0. The molecule has 0 radical (unpaired) electrons. The average Bonchev–Trinajstić information content (AvgIpc) is 2.23. The Morgan fingerprint density at radius 2 is 2.19 bits per heavy atom. The summed E-state index contributed by atoms with van der Waals surface area (Å²) in [5, 5.41) is 9.70. The fraction of sp³-hybridized carbons (Fsp3) is 1.00. The molecule has 3 nitrogen and oxygen atoms in total. The molecule has 1 heterocycles. The minimum Gasteiger partial charge on any atom is -0.390 e. The molecule has 0 aromatic carbocycles. The standard InChI is InChI=1S/C13H27NO2/c1-4-10-16-12-6-5-8-14(11-12)9-7-13(2,3)15/h12,15H,4-11H2,1-3H3. The van der Waals surface area contributed by atoms with Crippen LogP contribution in [0.4, 0.5) is 0 Å². The van der Waals surface area contributed by atoms with Gasteiger partial charge in [-0.3, -0.25) is 0 Å². The average molecular weight is 229 g/mol. The van der Waals surface area contributed by atoms with Crippen LogP contribution in [0.2, 0.25) is 0 Å². The van der Waals surface area contributed by atoms with Crippen LogP contribution in [-0.4, -0.2) is 48.0 Å². The summed E-state index contributed by atoms with van der Waals surface area (Å²) in [7, 11) is 0. The van der Waals surface area contributed by atoms with Crippen molar-refractivity contribution in [2.45, 2.75) is 58.2 Å². The van der Waals surface area contributed by atoms with E-state index < -0.39 is 5.60 Å². The fourth-order valence-electron chi connectivity index (χ4n) is 2.07. The lowest BCUT2D eigenvalue weighted by molar-refractivity contribution is -0.00941. The summed E-state index contributed by atoms with van der Waals surface area (Å²) < 4.78 is 5.79. The molecule has 0 saturated carbocycles. The Labute approximate surface area is 99.8 Å². The predicted octanol–water partition coefficient (Wildman–Crippen LogP) is 2.04. The van der Waals surface area contributed by atoms with Crippen molar-refractivity contribution in [3.8, 4) is 0 Å². The van der Waals surface area contributed by atoms with Crippen molar-refractivity contribution in [1.29, 1.82) is 0 Å². The molecule has 1 aliphatic rings. The molecule has 0 aliphatic carbocycles. The summed E-state index contributed by atoms with van der Waals surface area (Å²) in [6, 6.07) is 0. The van der Waals surface area contributed by atoms with E-state index in [9.17, 15) is 5.11 Å². The molecule has 16 heavy (non-hydrogen) atoms. The topological polar surface area (TPSA) is 32.7 Å². The number of likely N-dealkylation sites (tertiary alicyclic amines) is 1. The van der Waals surface area contributed by atoms with Gasteiger partial charge in [0.2, 0.25) is 0 Å². The van der Waals surface area contributed by atoms with Crippen LogP contribution < -0.4 is 0 Å². The van der Waals surface area contributed by atoms with E-state index in [1.54, 1.807) is 0 Å². The molecule has 0 bridgehead atoms. The maximum absolute atomic E-state index is 9.70. The van der Waals surface area contributed by atoms with Crippen LogP contribution in [-0.2, 0) is 4.74 Å². The zero-order chi connectivity index (χ0) is 12.0. The molecule has 1 atom stereocenters. The summed E-state index contributed by atoms with van der Waals surface area (Å²) >= 11 is 0. The Kier molecular flexibility index (Phi) is 5.73. The van der Waals surface area contributed by atoms with E-state index in [1.165, 1.54) is 12.8 Å². The molecule has 3 heteroatoms. The van der Waals surface area contributed by atoms with E-state index in [2.05, 4.69) is 11.8 Å². The third-order valence-corrected chi connectivity index (χ3v) is 3.06. The minimum atomic E-state index is -0.544. The van der Waals surface area contributed by atoms with Gasteiger partial charge in [-0.1, -0.05) is 6.92 Å². The van der Waals surface area contributed by atoms with E-state index in [0.29, 0.717) is 6.10 Å². The van der Waals surface area contributed by atoms with Crippen molar-refractivity contribution in [3.05, 3.63) is 0 Å². The summed E-state index contributed by atoms with van der Waals surface area (Å²) in [4.78, 5) is 2.42. The zero-order valence-electron chi connectivity index (χ0n) is 11.0. The molecule has 0 aromatic rings. The highest BCUT2D eigenvalue weighted by molar-refractivity contribution is 4.76. The number of rotatable bonds is 6. The third-order valence-electron chi connectivity index (χ3n) is 3.06. The number of nitrogens with zero attached hydrogens (tertiary/aromatic N) is 1. The lowest BCUT2D eigenvalue weighted by Crippen LogP contribution is -2.41. The van der Waals surface area contributed by atoms with Gasteiger partial charge >= 0.3 is 0 Å². The number of ether oxygens (including phenoxy) is 1.